The molecule has 5 rings (SSSR count). The van der Waals surface area contributed by atoms with Gasteiger partial charge in [0.05, 0.1) is 0 Å². The lowest BCUT2D eigenvalue weighted by Gasteiger charge is -2.36. The Hall–Kier alpha value is -3.93. The van der Waals surface area contributed by atoms with Crippen LogP contribution in [0.1, 0.15) is 53.2 Å². The number of hydrogen-bond donors (Lipinski definition) is 1. The molecule has 2 saturated heterocycles. The largest absolute Gasteiger partial charge is 0.437 e. The number of aliphatic hydroxyl groups is 1. The first-order valence-corrected chi connectivity index (χ1v) is 13.7. The molecule has 4 heterocycles. The second kappa shape index (κ2) is 11.9. The number of Topliss-reactive ketones (excluding diaryl/α,β-unsaturated/α-hetero) is 1. The van der Waals surface area contributed by atoms with Crippen LogP contribution in [0.25, 0.3) is 0 Å². The number of aromatic nitrogens is 2. The van der Waals surface area contributed by atoms with Crippen molar-refractivity contribution in [1.29, 1.82) is 0 Å². The van der Waals surface area contributed by atoms with Gasteiger partial charge in [-0.05, 0) is 36.0 Å². The Labute approximate surface area is 235 Å². The molecule has 218 valence electrons. The average molecular weight is 572 g/mol. The van der Waals surface area contributed by atoms with Gasteiger partial charge in [0.1, 0.15) is 5.82 Å². The first-order valence-electron chi connectivity index (χ1n) is 13.7. The van der Waals surface area contributed by atoms with Gasteiger partial charge >= 0.3 is 6.18 Å². The summed E-state index contributed by atoms with van der Waals surface area (Å²) >= 11 is 0. The summed E-state index contributed by atoms with van der Waals surface area (Å²) in [4.78, 5) is 39.0. The second-order valence-electron chi connectivity index (χ2n) is 10.6. The number of aliphatic hydroxyl groups excluding tert-OH is 1. The normalized spacial score (nSPS) is 18.9. The maximum absolute atomic E-state index is 13.7. The number of piperazine rings is 1. The van der Waals surface area contributed by atoms with Gasteiger partial charge in [0.15, 0.2) is 11.8 Å². The molecule has 1 amide bonds. The maximum Gasteiger partial charge on any atom is 0.437 e. The number of oxazole rings is 1. The van der Waals surface area contributed by atoms with Crippen LogP contribution in [0.15, 0.2) is 53.1 Å². The van der Waals surface area contributed by atoms with Crippen molar-refractivity contribution in [3.8, 4) is 0 Å². The molecule has 0 radical (unpaired) electrons. The summed E-state index contributed by atoms with van der Waals surface area (Å²) in [6.07, 6.45) is -3.12. The molecule has 1 unspecified atom stereocenters. The van der Waals surface area contributed by atoms with Gasteiger partial charge in [-0.2, -0.15) is 18.2 Å². The number of hydrogen-bond acceptors (Lipinski definition) is 8. The number of carbonyl (C=O) groups excluding carboxylic acids is 2. The number of rotatable bonds is 7. The molecule has 12 heteroatoms. The average Bonchev–Trinajstić information content (AvgIpc) is 3.44. The molecule has 0 spiro atoms. The van der Waals surface area contributed by atoms with Crippen LogP contribution in [-0.4, -0.2) is 70.9 Å². The lowest BCUT2D eigenvalue weighted by molar-refractivity contribution is -0.142. The predicted molar refractivity (Wildman–Crippen MR) is 145 cm³/mol. The minimum Gasteiger partial charge on any atom is -0.420 e. The van der Waals surface area contributed by atoms with E-state index < -0.39 is 29.5 Å². The van der Waals surface area contributed by atoms with E-state index in [1.54, 1.807) is 46.2 Å². The van der Waals surface area contributed by atoms with Crippen LogP contribution in [0.3, 0.4) is 0 Å². The van der Waals surface area contributed by atoms with Crippen molar-refractivity contribution in [3.63, 3.8) is 0 Å². The minimum absolute atomic E-state index is 0.172. The van der Waals surface area contributed by atoms with Crippen molar-refractivity contribution in [2.75, 3.05) is 49.1 Å². The van der Waals surface area contributed by atoms with Crippen molar-refractivity contribution in [1.82, 2.24) is 14.9 Å². The number of alkyl halides is 3. The molecule has 41 heavy (non-hydrogen) atoms. The van der Waals surface area contributed by atoms with Crippen LogP contribution >= 0.6 is 0 Å². The fraction of sp³-hybridized carbons (Fsp3) is 0.448. The van der Waals surface area contributed by atoms with Gasteiger partial charge < -0.3 is 24.2 Å². The highest BCUT2D eigenvalue weighted by Crippen LogP contribution is 2.35. The zero-order valence-corrected chi connectivity index (χ0v) is 22.7. The molecule has 2 aromatic heterocycles. The van der Waals surface area contributed by atoms with Gasteiger partial charge in [-0.1, -0.05) is 43.3 Å². The topological polar surface area (TPSA) is 103 Å². The third kappa shape index (κ3) is 6.53. The van der Waals surface area contributed by atoms with E-state index in [2.05, 4.69) is 9.97 Å². The summed E-state index contributed by atoms with van der Waals surface area (Å²) in [5.41, 5.74) is -0.321. The van der Waals surface area contributed by atoms with Crippen molar-refractivity contribution in [3.05, 3.63) is 71.2 Å². The maximum atomic E-state index is 13.7. The van der Waals surface area contributed by atoms with E-state index in [0.717, 1.165) is 12.8 Å². The van der Waals surface area contributed by atoms with E-state index in [0.29, 0.717) is 56.2 Å². The monoisotopic (exact) mass is 571 g/mol. The van der Waals surface area contributed by atoms with Crippen LogP contribution in [0, 0.1) is 5.92 Å². The smallest absolute Gasteiger partial charge is 0.420 e. The number of ketones is 1. The summed E-state index contributed by atoms with van der Waals surface area (Å²) in [6.45, 7) is 4.83. The lowest BCUT2D eigenvalue weighted by atomic mass is 10.0. The molecule has 0 saturated carbocycles. The number of carbonyl (C=O) groups is 2. The van der Waals surface area contributed by atoms with Gasteiger partial charge in [0, 0.05) is 51.9 Å². The van der Waals surface area contributed by atoms with Crippen LogP contribution in [0.5, 0.6) is 0 Å². The summed E-state index contributed by atoms with van der Waals surface area (Å²) in [7, 11) is 0. The molecule has 2 aliphatic rings. The van der Waals surface area contributed by atoms with E-state index in [9.17, 15) is 27.9 Å². The summed E-state index contributed by atoms with van der Waals surface area (Å²) in [5.74, 6) is -1.05. The van der Waals surface area contributed by atoms with Gasteiger partial charge in [-0.15, -0.1) is 0 Å². The molecule has 3 aromatic rings. The Morgan fingerprint density at radius 1 is 1.05 bits per heavy atom. The van der Waals surface area contributed by atoms with Gasteiger partial charge in [-0.3, -0.25) is 9.59 Å². The number of anilines is 2. The van der Waals surface area contributed by atoms with Crippen molar-refractivity contribution in [2.45, 2.75) is 38.5 Å². The van der Waals surface area contributed by atoms with E-state index in [1.165, 1.54) is 6.20 Å². The van der Waals surface area contributed by atoms with Crippen molar-refractivity contribution < 1.29 is 32.3 Å². The number of amides is 1. The Bertz CT molecular complexity index is 1360. The molecule has 0 aliphatic carbocycles. The highest BCUT2D eigenvalue weighted by Gasteiger charge is 2.42. The molecule has 2 atom stereocenters. The molecule has 1 aromatic carbocycles. The molecular formula is C29H32F3N5O4. The van der Waals surface area contributed by atoms with Crippen LogP contribution in [-0.2, 0) is 17.4 Å². The molecule has 2 fully saturated rings. The molecule has 9 nitrogen and oxygen atoms in total. The molecule has 2 aliphatic heterocycles. The van der Waals surface area contributed by atoms with E-state index in [1.807, 2.05) is 17.9 Å². The van der Waals surface area contributed by atoms with Gasteiger partial charge in [0.2, 0.25) is 11.5 Å². The summed E-state index contributed by atoms with van der Waals surface area (Å²) in [5, 5.41) is 10.4. The zero-order valence-electron chi connectivity index (χ0n) is 22.7. The van der Waals surface area contributed by atoms with E-state index in [-0.39, 0.29) is 24.3 Å². The predicted octanol–water partition coefficient (Wildman–Crippen LogP) is 4.13. The molecule has 0 bridgehead atoms. The Kier molecular flexibility index (Phi) is 8.30. The summed E-state index contributed by atoms with van der Waals surface area (Å²) < 4.78 is 46.6. The third-order valence-corrected chi connectivity index (χ3v) is 7.50. The number of piperidine rings is 1. The molecular weight excluding hydrogens is 539 g/mol. The van der Waals surface area contributed by atoms with Crippen molar-refractivity contribution in [2.24, 2.45) is 5.92 Å². The number of halogens is 3. The Morgan fingerprint density at radius 3 is 2.41 bits per heavy atom. The standard InChI is InChI=1S/C29H32F3N5O4/c1-19-6-5-11-37(18-19)28-34-26(29(30,31)32)25(41-28)22(38)16-20-9-10-23(33-17-20)35-12-14-36(15-13-35)27(40)24(39)21-7-3-2-4-8-21/h2-4,7-10,17,19,24,39H,5-6,11-16,18H2,1H3/t19?,24-/m1/s1. The quantitative estimate of drug-likeness (QED) is 0.423. The Balaban J connectivity index is 1.20. The first kappa shape index (κ1) is 28.6. The number of pyridine rings is 1. The van der Waals surface area contributed by atoms with Gasteiger partial charge in [-0.25, -0.2) is 4.98 Å². The zero-order chi connectivity index (χ0) is 29.1. The summed E-state index contributed by atoms with van der Waals surface area (Å²) in [6, 6.07) is 11.9. The fourth-order valence-corrected chi connectivity index (χ4v) is 5.27. The van der Waals surface area contributed by atoms with Crippen molar-refractivity contribution >= 4 is 23.5 Å². The number of nitrogens with zero attached hydrogens (tertiary/aromatic N) is 5. The highest BCUT2D eigenvalue weighted by atomic mass is 19.4. The van der Waals surface area contributed by atoms with E-state index >= 15 is 0 Å². The van der Waals surface area contributed by atoms with Crippen LogP contribution in [0.4, 0.5) is 25.0 Å². The van der Waals surface area contributed by atoms with Crippen LogP contribution < -0.4 is 9.80 Å². The molecule has 1 N–H and O–H groups in total. The minimum atomic E-state index is -4.82. The second-order valence-corrected chi connectivity index (χ2v) is 10.6. The Morgan fingerprint density at radius 2 is 1.78 bits per heavy atom. The first-order chi connectivity index (χ1) is 19.6. The van der Waals surface area contributed by atoms with E-state index in [4.69, 9.17) is 4.42 Å². The lowest BCUT2D eigenvalue weighted by Crippen LogP contribution is -2.50. The SMILES string of the molecule is CC1CCCN(c2nc(C(F)(F)F)c(C(=O)Cc3ccc(N4CCN(C(=O)[C@H](O)c5ccccc5)CC4)nc3)o2)C1. The highest BCUT2D eigenvalue weighted by molar-refractivity contribution is 5.96. The third-order valence-electron chi connectivity index (χ3n) is 7.50. The van der Waals surface area contributed by atoms with Crippen LogP contribution in [0.2, 0.25) is 0 Å². The fourth-order valence-electron chi connectivity index (χ4n) is 5.27. The number of benzene rings is 1. The van der Waals surface area contributed by atoms with Gasteiger partial charge in [0.25, 0.3) is 11.9 Å².